The van der Waals surface area contributed by atoms with Gasteiger partial charge in [0.1, 0.15) is 11.6 Å². The number of nitrogens with one attached hydrogen (secondary N) is 2. The zero-order valence-corrected chi connectivity index (χ0v) is 12.4. The summed E-state index contributed by atoms with van der Waals surface area (Å²) < 4.78 is 7.76. The maximum atomic E-state index is 5.98. The van der Waals surface area contributed by atoms with Crippen LogP contribution in [-0.4, -0.2) is 43.9 Å². The minimum atomic E-state index is 0.216. The monoisotopic (exact) mass is 298 g/mol. The minimum Gasteiger partial charge on any atom is -0.473 e. The highest BCUT2D eigenvalue weighted by Gasteiger charge is 2.17. The average molecular weight is 298 g/mol. The number of hydrogen-bond donors (Lipinski definition) is 2. The van der Waals surface area contributed by atoms with Crippen molar-refractivity contribution in [3.8, 4) is 17.0 Å². The SMILES string of the molecule is Cn1cc(-c2c[nH]c3ncc(OC4CCNCC4)nc23)cn1. The van der Waals surface area contributed by atoms with E-state index < -0.39 is 0 Å². The average Bonchev–Trinajstić information content (AvgIpc) is 3.14. The first-order valence-electron chi connectivity index (χ1n) is 7.50. The van der Waals surface area contributed by atoms with Crippen LogP contribution in [0.3, 0.4) is 0 Å². The first-order valence-corrected chi connectivity index (χ1v) is 7.50. The molecule has 1 saturated heterocycles. The van der Waals surface area contributed by atoms with E-state index in [9.17, 15) is 0 Å². The van der Waals surface area contributed by atoms with Gasteiger partial charge < -0.3 is 15.0 Å². The molecule has 0 saturated carbocycles. The van der Waals surface area contributed by atoms with Gasteiger partial charge in [-0.3, -0.25) is 4.68 Å². The molecule has 3 aromatic rings. The van der Waals surface area contributed by atoms with Gasteiger partial charge in [0.2, 0.25) is 5.88 Å². The van der Waals surface area contributed by atoms with Gasteiger partial charge >= 0.3 is 0 Å². The van der Waals surface area contributed by atoms with Gasteiger partial charge in [0.25, 0.3) is 0 Å². The van der Waals surface area contributed by atoms with Crippen LogP contribution in [0, 0.1) is 0 Å². The summed E-state index contributed by atoms with van der Waals surface area (Å²) >= 11 is 0. The lowest BCUT2D eigenvalue weighted by Gasteiger charge is -2.22. The predicted octanol–water partition coefficient (Wildman–Crippen LogP) is 1.49. The molecule has 4 rings (SSSR count). The van der Waals surface area contributed by atoms with Crippen LogP contribution in [0.1, 0.15) is 12.8 Å². The van der Waals surface area contributed by atoms with E-state index in [1.54, 1.807) is 10.9 Å². The maximum Gasteiger partial charge on any atom is 0.233 e. The Labute approximate surface area is 127 Å². The van der Waals surface area contributed by atoms with Crippen LogP contribution < -0.4 is 10.1 Å². The van der Waals surface area contributed by atoms with Gasteiger partial charge in [-0.25, -0.2) is 9.97 Å². The van der Waals surface area contributed by atoms with Gasteiger partial charge in [0.05, 0.1) is 12.4 Å². The Balaban J connectivity index is 1.67. The maximum absolute atomic E-state index is 5.98. The van der Waals surface area contributed by atoms with E-state index in [-0.39, 0.29) is 6.10 Å². The molecular weight excluding hydrogens is 280 g/mol. The molecule has 4 heterocycles. The van der Waals surface area contributed by atoms with Crippen molar-refractivity contribution in [1.29, 1.82) is 0 Å². The number of piperidine rings is 1. The normalized spacial score (nSPS) is 16.2. The molecule has 0 radical (unpaired) electrons. The molecule has 1 aliphatic heterocycles. The van der Waals surface area contributed by atoms with E-state index in [0.717, 1.165) is 48.2 Å². The summed E-state index contributed by atoms with van der Waals surface area (Å²) in [7, 11) is 1.90. The molecule has 0 amide bonds. The third-order valence-corrected chi connectivity index (χ3v) is 3.95. The first-order chi connectivity index (χ1) is 10.8. The number of aryl methyl sites for hydroxylation is 1. The van der Waals surface area contributed by atoms with Crippen molar-refractivity contribution in [2.24, 2.45) is 7.05 Å². The van der Waals surface area contributed by atoms with Crippen molar-refractivity contribution >= 4 is 11.2 Å². The number of aromatic amines is 1. The van der Waals surface area contributed by atoms with E-state index in [1.165, 1.54) is 0 Å². The number of fused-ring (bicyclic) bond motifs is 1. The molecule has 1 fully saturated rings. The second-order valence-corrected chi connectivity index (χ2v) is 5.58. The van der Waals surface area contributed by atoms with Gasteiger partial charge in [-0.1, -0.05) is 0 Å². The number of rotatable bonds is 3. The summed E-state index contributed by atoms with van der Waals surface area (Å²) in [4.78, 5) is 12.2. The summed E-state index contributed by atoms with van der Waals surface area (Å²) in [5, 5.41) is 7.54. The van der Waals surface area contributed by atoms with Crippen LogP contribution in [0.4, 0.5) is 0 Å². The number of nitrogens with zero attached hydrogens (tertiary/aromatic N) is 4. The van der Waals surface area contributed by atoms with E-state index in [0.29, 0.717) is 5.88 Å². The van der Waals surface area contributed by atoms with E-state index in [2.05, 4.69) is 25.4 Å². The quantitative estimate of drug-likeness (QED) is 0.765. The summed E-state index contributed by atoms with van der Waals surface area (Å²) in [5.41, 5.74) is 3.59. The lowest BCUT2D eigenvalue weighted by atomic mass is 10.1. The summed E-state index contributed by atoms with van der Waals surface area (Å²) in [6.07, 6.45) is 9.61. The molecule has 0 aromatic carbocycles. The Kier molecular flexibility index (Phi) is 3.27. The van der Waals surface area contributed by atoms with Crippen molar-refractivity contribution in [2.75, 3.05) is 13.1 Å². The van der Waals surface area contributed by atoms with Crippen molar-refractivity contribution in [3.63, 3.8) is 0 Å². The van der Waals surface area contributed by atoms with Crippen molar-refractivity contribution in [1.82, 2.24) is 30.0 Å². The fraction of sp³-hybridized carbons (Fsp3) is 0.400. The van der Waals surface area contributed by atoms with Crippen LogP contribution in [-0.2, 0) is 7.05 Å². The third-order valence-electron chi connectivity index (χ3n) is 3.95. The highest BCUT2D eigenvalue weighted by molar-refractivity contribution is 5.90. The minimum absolute atomic E-state index is 0.216. The third kappa shape index (κ3) is 2.43. The standard InChI is InChI=1S/C15H18N6O/c1-21-9-10(6-19-21)12-7-17-15-14(12)20-13(8-18-15)22-11-2-4-16-5-3-11/h6-9,11,16H,2-5H2,1H3,(H,17,18). The Hall–Kier alpha value is -2.41. The number of H-pyrrole nitrogens is 1. The van der Waals surface area contributed by atoms with E-state index in [4.69, 9.17) is 4.74 Å². The van der Waals surface area contributed by atoms with Crippen LogP contribution in [0.15, 0.2) is 24.8 Å². The van der Waals surface area contributed by atoms with Crippen molar-refractivity contribution in [2.45, 2.75) is 18.9 Å². The second kappa shape index (κ2) is 5.42. The molecule has 7 heteroatoms. The fourth-order valence-corrected chi connectivity index (χ4v) is 2.80. The van der Waals surface area contributed by atoms with Gasteiger partial charge in [0.15, 0.2) is 5.65 Å². The second-order valence-electron chi connectivity index (χ2n) is 5.58. The van der Waals surface area contributed by atoms with Crippen molar-refractivity contribution in [3.05, 3.63) is 24.8 Å². The van der Waals surface area contributed by atoms with E-state index >= 15 is 0 Å². The predicted molar refractivity (Wildman–Crippen MR) is 82.6 cm³/mol. The number of aromatic nitrogens is 5. The molecule has 114 valence electrons. The number of ether oxygens (including phenoxy) is 1. The molecule has 0 unspecified atom stereocenters. The lowest BCUT2D eigenvalue weighted by molar-refractivity contribution is 0.156. The zero-order chi connectivity index (χ0) is 14.9. The highest BCUT2D eigenvalue weighted by Crippen LogP contribution is 2.27. The fourth-order valence-electron chi connectivity index (χ4n) is 2.80. The molecule has 1 aliphatic rings. The zero-order valence-electron chi connectivity index (χ0n) is 12.4. The molecule has 2 N–H and O–H groups in total. The van der Waals surface area contributed by atoms with Gasteiger partial charge in [-0.2, -0.15) is 5.10 Å². The van der Waals surface area contributed by atoms with Gasteiger partial charge in [-0.15, -0.1) is 0 Å². The Morgan fingerprint density at radius 3 is 2.91 bits per heavy atom. The summed E-state index contributed by atoms with van der Waals surface area (Å²) in [6.45, 7) is 1.98. The van der Waals surface area contributed by atoms with Crippen LogP contribution in [0.25, 0.3) is 22.3 Å². The van der Waals surface area contributed by atoms with Gasteiger partial charge in [-0.05, 0) is 25.9 Å². The smallest absolute Gasteiger partial charge is 0.233 e. The van der Waals surface area contributed by atoms with Gasteiger partial charge in [0, 0.05) is 30.6 Å². The summed E-state index contributed by atoms with van der Waals surface area (Å²) in [6, 6.07) is 0. The Morgan fingerprint density at radius 1 is 1.27 bits per heavy atom. The molecule has 3 aromatic heterocycles. The molecule has 22 heavy (non-hydrogen) atoms. The Bertz CT molecular complexity index is 786. The highest BCUT2D eigenvalue weighted by atomic mass is 16.5. The molecule has 0 spiro atoms. The molecule has 0 atom stereocenters. The van der Waals surface area contributed by atoms with Crippen LogP contribution in [0.5, 0.6) is 5.88 Å². The molecule has 7 nitrogen and oxygen atoms in total. The molecule has 0 bridgehead atoms. The molecular formula is C15H18N6O. The topological polar surface area (TPSA) is 80.7 Å². The largest absolute Gasteiger partial charge is 0.473 e. The summed E-state index contributed by atoms with van der Waals surface area (Å²) in [5.74, 6) is 0.587. The van der Waals surface area contributed by atoms with Crippen molar-refractivity contribution < 1.29 is 4.74 Å². The van der Waals surface area contributed by atoms with Crippen LogP contribution >= 0.6 is 0 Å². The lowest BCUT2D eigenvalue weighted by Crippen LogP contribution is -2.34. The number of hydrogen-bond acceptors (Lipinski definition) is 5. The Morgan fingerprint density at radius 2 is 2.14 bits per heavy atom. The van der Waals surface area contributed by atoms with Crippen LogP contribution in [0.2, 0.25) is 0 Å². The van der Waals surface area contributed by atoms with E-state index in [1.807, 2.05) is 25.6 Å². The molecule has 0 aliphatic carbocycles. The first kappa shape index (κ1) is 13.3.